The molecule has 0 saturated carbocycles. The van der Waals surface area contributed by atoms with E-state index >= 15 is 0 Å². The first-order valence-corrected chi connectivity index (χ1v) is 10.6. The van der Waals surface area contributed by atoms with Crippen molar-refractivity contribution in [3.05, 3.63) is 60.2 Å². The third kappa shape index (κ3) is 5.45. The van der Waals surface area contributed by atoms with E-state index in [0.29, 0.717) is 28.4 Å². The maximum atomic E-state index is 11.4. The summed E-state index contributed by atoms with van der Waals surface area (Å²) >= 11 is 0. The second-order valence-electron chi connectivity index (χ2n) is 6.54. The van der Waals surface area contributed by atoms with Crippen molar-refractivity contribution in [1.29, 1.82) is 0 Å². The molecule has 11 heteroatoms. The summed E-state index contributed by atoms with van der Waals surface area (Å²) < 4.78 is 42.6. The van der Waals surface area contributed by atoms with Crippen molar-refractivity contribution in [1.82, 2.24) is 0 Å². The number of hydrogen-bond donors (Lipinski definition) is 2. The van der Waals surface area contributed by atoms with Gasteiger partial charge in [-0.05, 0) is 61.0 Å². The Morgan fingerprint density at radius 3 is 1.97 bits per heavy atom. The van der Waals surface area contributed by atoms with Crippen LogP contribution in [-0.4, -0.2) is 32.3 Å². The lowest BCUT2D eigenvalue weighted by atomic mass is 10.1. The lowest BCUT2D eigenvalue weighted by molar-refractivity contribution is 0.415. The molecule has 0 aliphatic carbocycles. The van der Waals surface area contributed by atoms with Crippen LogP contribution in [0.5, 0.6) is 17.2 Å². The Bertz CT molecular complexity index is 1290. The van der Waals surface area contributed by atoms with Crippen molar-refractivity contribution in [3.8, 4) is 17.2 Å². The van der Waals surface area contributed by atoms with E-state index in [1.54, 1.807) is 31.2 Å². The Labute approximate surface area is 184 Å². The molecule has 0 aliphatic rings. The summed E-state index contributed by atoms with van der Waals surface area (Å²) in [6, 6.07) is 13.3. The Kier molecular flexibility index (Phi) is 6.81. The highest BCUT2D eigenvalue weighted by Gasteiger charge is 2.14. The van der Waals surface area contributed by atoms with Gasteiger partial charge in [0, 0.05) is 6.07 Å². The summed E-state index contributed by atoms with van der Waals surface area (Å²) in [6.45, 7) is 1.79. The van der Waals surface area contributed by atoms with Crippen molar-refractivity contribution < 1.29 is 27.6 Å². The van der Waals surface area contributed by atoms with Crippen LogP contribution in [-0.2, 0) is 10.1 Å². The number of nitrogens with zero attached hydrogens (tertiary/aromatic N) is 4. The number of methoxy groups -OCH3 is 2. The fourth-order valence-corrected chi connectivity index (χ4v) is 3.16. The molecule has 2 N–H and O–H groups in total. The number of aryl methyl sites for hydroxylation is 1. The number of rotatable bonds is 7. The molecule has 10 nitrogen and oxygen atoms in total. The molecular weight excluding hydrogens is 436 g/mol. The molecule has 0 aromatic heterocycles. The highest BCUT2D eigenvalue weighted by atomic mass is 32.2. The molecule has 0 fully saturated rings. The minimum atomic E-state index is -4.40. The van der Waals surface area contributed by atoms with Crippen molar-refractivity contribution >= 4 is 32.9 Å². The monoisotopic (exact) mass is 456 g/mol. The van der Waals surface area contributed by atoms with Crippen LogP contribution in [0.2, 0.25) is 0 Å². The van der Waals surface area contributed by atoms with Crippen LogP contribution in [0.1, 0.15) is 5.56 Å². The largest absolute Gasteiger partial charge is 0.508 e. The smallest absolute Gasteiger partial charge is 0.294 e. The predicted octanol–water partition coefficient (Wildman–Crippen LogP) is 5.80. The van der Waals surface area contributed by atoms with Crippen molar-refractivity contribution in [3.63, 3.8) is 0 Å². The number of ether oxygens (including phenoxy) is 2. The number of hydrogen-bond acceptors (Lipinski definition) is 9. The van der Waals surface area contributed by atoms with E-state index < -0.39 is 10.1 Å². The number of aromatic hydroxyl groups is 1. The van der Waals surface area contributed by atoms with Gasteiger partial charge in [0.15, 0.2) is 0 Å². The summed E-state index contributed by atoms with van der Waals surface area (Å²) in [7, 11) is -1.52. The van der Waals surface area contributed by atoms with E-state index in [-0.39, 0.29) is 22.1 Å². The molecule has 0 spiro atoms. The second-order valence-corrected chi connectivity index (χ2v) is 7.96. The molecule has 166 valence electrons. The molecule has 0 radical (unpaired) electrons. The molecule has 0 amide bonds. The van der Waals surface area contributed by atoms with Gasteiger partial charge in [-0.15, -0.1) is 10.2 Å². The third-order valence-corrected chi connectivity index (χ3v) is 5.18. The van der Waals surface area contributed by atoms with Gasteiger partial charge < -0.3 is 14.6 Å². The maximum absolute atomic E-state index is 11.4. The zero-order valence-electron chi connectivity index (χ0n) is 17.4. The van der Waals surface area contributed by atoms with Gasteiger partial charge in [0.05, 0.1) is 30.5 Å². The average Bonchev–Trinajstić information content (AvgIpc) is 2.77. The SMILES string of the molecule is COc1cc(N=Nc2cc(S(=O)(=O)O)ccc2OC)c(C)cc1N=Nc1ccc(O)cc1. The fourth-order valence-electron chi connectivity index (χ4n) is 2.66. The zero-order chi connectivity index (χ0) is 23.3. The lowest BCUT2D eigenvalue weighted by Gasteiger charge is -2.08. The van der Waals surface area contributed by atoms with Crippen molar-refractivity contribution in [2.75, 3.05) is 14.2 Å². The van der Waals surface area contributed by atoms with E-state index in [0.717, 1.165) is 6.07 Å². The zero-order valence-corrected chi connectivity index (χ0v) is 18.2. The molecule has 32 heavy (non-hydrogen) atoms. The topological polar surface area (TPSA) is 142 Å². The minimum absolute atomic E-state index is 0.122. The molecule has 3 aromatic rings. The third-order valence-electron chi connectivity index (χ3n) is 4.33. The first-order chi connectivity index (χ1) is 15.2. The average molecular weight is 456 g/mol. The summed E-state index contributed by atoms with van der Waals surface area (Å²) in [5.74, 6) is 0.807. The molecule has 0 heterocycles. The quantitative estimate of drug-likeness (QED) is 0.340. The molecule has 0 bridgehead atoms. The highest BCUT2D eigenvalue weighted by Crippen LogP contribution is 2.38. The van der Waals surface area contributed by atoms with E-state index in [9.17, 15) is 18.1 Å². The van der Waals surface area contributed by atoms with Gasteiger partial charge >= 0.3 is 0 Å². The van der Waals surface area contributed by atoms with Crippen molar-refractivity contribution in [2.24, 2.45) is 20.5 Å². The van der Waals surface area contributed by atoms with Gasteiger partial charge in [-0.2, -0.15) is 18.6 Å². The molecule has 3 rings (SSSR count). The van der Waals surface area contributed by atoms with E-state index in [1.807, 2.05) is 0 Å². The molecule has 0 atom stereocenters. The van der Waals surface area contributed by atoms with E-state index in [4.69, 9.17) is 9.47 Å². The molecule has 0 unspecified atom stereocenters. The number of azo groups is 2. The molecule has 3 aromatic carbocycles. The van der Waals surface area contributed by atoms with Gasteiger partial charge in [-0.3, -0.25) is 4.55 Å². The summed E-state index contributed by atoms with van der Waals surface area (Å²) in [5, 5.41) is 25.9. The van der Waals surface area contributed by atoms with Gasteiger partial charge in [0.1, 0.15) is 28.6 Å². The summed E-state index contributed by atoms with van der Waals surface area (Å²) in [4.78, 5) is -0.327. The van der Waals surface area contributed by atoms with E-state index in [2.05, 4.69) is 20.5 Å². The van der Waals surface area contributed by atoms with Gasteiger partial charge in [-0.1, -0.05) is 0 Å². The minimum Gasteiger partial charge on any atom is -0.508 e. The van der Waals surface area contributed by atoms with Crippen LogP contribution in [0.15, 0.2) is 79.9 Å². The molecule has 0 aliphatic heterocycles. The molecular formula is C21H20N4O6S. The van der Waals surface area contributed by atoms with E-state index in [1.165, 1.54) is 38.5 Å². The first kappa shape index (κ1) is 22.8. The second kappa shape index (κ2) is 9.54. The van der Waals surface area contributed by atoms with Crippen LogP contribution >= 0.6 is 0 Å². The van der Waals surface area contributed by atoms with Crippen LogP contribution in [0.4, 0.5) is 22.7 Å². The number of phenolic OH excluding ortho intramolecular Hbond substituents is 1. The predicted molar refractivity (Wildman–Crippen MR) is 117 cm³/mol. The Balaban J connectivity index is 1.94. The Hall–Kier alpha value is -3.83. The maximum Gasteiger partial charge on any atom is 0.294 e. The van der Waals surface area contributed by atoms with Crippen LogP contribution in [0, 0.1) is 6.92 Å². The van der Waals surface area contributed by atoms with Crippen LogP contribution in [0.3, 0.4) is 0 Å². The fraction of sp³-hybridized carbons (Fsp3) is 0.143. The number of benzene rings is 3. The lowest BCUT2D eigenvalue weighted by Crippen LogP contribution is -1.97. The van der Waals surface area contributed by atoms with Gasteiger partial charge in [0.2, 0.25) is 0 Å². The van der Waals surface area contributed by atoms with Gasteiger partial charge in [-0.25, -0.2) is 0 Å². The van der Waals surface area contributed by atoms with Gasteiger partial charge in [0.25, 0.3) is 10.1 Å². The highest BCUT2D eigenvalue weighted by molar-refractivity contribution is 7.85. The Morgan fingerprint density at radius 2 is 1.34 bits per heavy atom. The van der Waals surface area contributed by atoms with Crippen molar-refractivity contribution in [2.45, 2.75) is 11.8 Å². The van der Waals surface area contributed by atoms with Crippen LogP contribution in [0.25, 0.3) is 0 Å². The first-order valence-electron chi connectivity index (χ1n) is 9.18. The summed E-state index contributed by atoms with van der Waals surface area (Å²) in [5.41, 5.74) is 2.29. The molecule has 0 saturated heterocycles. The van der Waals surface area contributed by atoms with Crippen LogP contribution < -0.4 is 9.47 Å². The Morgan fingerprint density at radius 1 is 0.750 bits per heavy atom. The summed E-state index contributed by atoms with van der Waals surface area (Å²) in [6.07, 6.45) is 0. The number of phenols is 1. The standard InChI is InChI=1S/C21H20N4O6S/c1-13-10-18(24-22-14-4-6-15(26)7-5-14)21(31-3)12-17(13)23-25-19-11-16(32(27,28)29)8-9-20(19)30-2/h4-12,26H,1-3H3,(H,27,28,29). The normalized spacial score (nSPS) is 11.9.